The maximum absolute atomic E-state index is 13.2. The number of carbonyl (C=O) groups is 2. The van der Waals surface area contributed by atoms with Gasteiger partial charge in [0.25, 0.3) is 11.7 Å². The molecule has 1 atom stereocenters. The summed E-state index contributed by atoms with van der Waals surface area (Å²) in [5, 5.41) is 11.3. The molecule has 1 aliphatic heterocycles. The summed E-state index contributed by atoms with van der Waals surface area (Å²) in [6, 6.07) is 17.6. The van der Waals surface area contributed by atoms with Gasteiger partial charge in [0, 0.05) is 24.5 Å². The van der Waals surface area contributed by atoms with Crippen LogP contribution < -0.4 is 4.74 Å². The number of aliphatic hydroxyl groups excluding tert-OH is 1. The predicted octanol–water partition coefficient (Wildman–Crippen LogP) is 5.05. The highest BCUT2D eigenvalue weighted by molar-refractivity contribution is 6.46. The Balaban J connectivity index is 1.78. The number of aliphatic hydroxyl groups is 1. The van der Waals surface area contributed by atoms with Crippen molar-refractivity contribution in [2.24, 2.45) is 5.92 Å². The van der Waals surface area contributed by atoms with Crippen LogP contribution in [0.3, 0.4) is 0 Å². The third-order valence-corrected chi connectivity index (χ3v) is 5.77. The molecule has 1 aromatic heterocycles. The third-order valence-electron chi connectivity index (χ3n) is 5.77. The van der Waals surface area contributed by atoms with E-state index in [0.29, 0.717) is 23.8 Å². The standard InChI is InChI=1S/C28H28N2O4/c1-18(2)17-34-22-11-12-23(19(3)14-22)26(31)24-25(21-9-5-4-6-10-21)30(28(33)27(24)32)16-20-8-7-13-29-15-20/h4-15,18,25,31H,16-17H2,1-3H3/b26-24+/t25-/m0/s1. The van der Waals surface area contributed by atoms with Crippen molar-refractivity contribution in [2.45, 2.75) is 33.4 Å². The predicted molar refractivity (Wildman–Crippen MR) is 130 cm³/mol. The number of ether oxygens (including phenoxy) is 1. The van der Waals surface area contributed by atoms with Gasteiger partial charge in [0.05, 0.1) is 18.2 Å². The van der Waals surface area contributed by atoms with E-state index in [9.17, 15) is 14.7 Å². The van der Waals surface area contributed by atoms with Crippen LogP contribution in [0.4, 0.5) is 0 Å². The maximum atomic E-state index is 13.2. The quantitative estimate of drug-likeness (QED) is 0.306. The Hall–Kier alpha value is -3.93. The zero-order chi connectivity index (χ0) is 24.2. The van der Waals surface area contributed by atoms with Gasteiger partial charge in [0.15, 0.2) is 0 Å². The van der Waals surface area contributed by atoms with E-state index in [1.807, 2.05) is 49.4 Å². The SMILES string of the molecule is Cc1cc(OCC(C)C)ccc1/C(O)=C1\C(=O)C(=O)N(Cc2cccnc2)[C@H]1c1ccccc1. The zero-order valence-electron chi connectivity index (χ0n) is 19.6. The van der Waals surface area contributed by atoms with Gasteiger partial charge in [-0.1, -0.05) is 50.2 Å². The number of hydrogen-bond donors (Lipinski definition) is 1. The van der Waals surface area contributed by atoms with E-state index in [1.54, 1.807) is 30.6 Å². The molecule has 2 aromatic carbocycles. The Labute approximate surface area is 199 Å². The summed E-state index contributed by atoms with van der Waals surface area (Å²) in [6.45, 7) is 6.77. The first kappa shape index (κ1) is 23.2. The minimum Gasteiger partial charge on any atom is -0.507 e. The molecule has 4 rings (SSSR count). The average molecular weight is 457 g/mol. The number of aryl methyl sites for hydroxylation is 1. The van der Waals surface area contributed by atoms with Crippen LogP contribution in [0.25, 0.3) is 5.76 Å². The van der Waals surface area contributed by atoms with Crippen molar-refractivity contribution in [2.75, 3.05) is 6.61 Å². The topological polar surface area (TPSA) is 79.7 Å². The molecule has 1 aliphatic rings. The highest BCUT2D eigenvalue weighted by atomic mass is 16.5. The second kappa shape index (κ2) is 9.91. The van der Waals surface area contributed by atoms with Crippen LogP contribution in [0.2, 0.25) is 0 Å². The van der Waals surface area contributed by atoms with Crippen molar-refractivity contribution >= 4 is 17.4 Å². The first-order valence-corrected chi connectivity index (χ1v) is 11.3. The van der Waals surface area contributed by atoms with Gasteiger partial charge in [0.1, 0.15) is 11.5 Å². The lowest BCUT2D eigenvalue weighted by molar-refractivity contribution is -0.140. The highest BCUT2D eigenvalue weighted by Crippen LogP contribution is 2.40. The molecule has 1 saturated heterocycles. The summed E-state index contributed by atoms with van der Waals surface area (Å²) < 4.78 is 5.79. The normalized spacial score (nSPS) is 17.4. The smallest absolute Gasteiger partial charge is 0.295 e. The van der Waals surface area contributed by atoms with Crippen molar-refractivity contribution in [3.63, 3.8) is 0 Å². The fourth-order valence-corrected chi connectivity index (χ4v) is 4.11. The number of likely N-dealkylation sites (tertiary alicyclic amines) is 1. The minimum absolute atomic E-state index is 0.0824. The molecule has 0 aliphatic carbocycles. The molecular formula is C28H28N2O4. The van der Waals surface area contributed by atoms with E-state index < -0.39 is 17.7 Å². The van der Waals surface area contributed by atoms with E-state index in [4.69, 9.17) is 4.74 Å². The van der Waals surface area contributed by atoms with Gasteiger partial charge in [-0.2, -0.15) is 0 Å². The van der Waals surface area contributed by atoms with Crippen molar-refractivity contribution in [1.82, 2.24) is 9.88 Å². The number of rotatable bonds is 7. The molecule has 6 heteroatoms. The number of amides is 1. The summed E-state index contributed by atoms with van der Waals surface area (Å²) in [6.07, 6.45) is 3.32. The zero-order valence-corrected chi connectivity index (χ0v) is 19.6. The van der Waals surface area contributed by atoms with Gasteiger partial charge in [-0.3, -0.25) is 14.6 Å². The van der Waals surface area contributed by atoms with Crippen molar-refractivity contribution < 1.29 is 19.4 Å². The number of Topliss-reactive ketones (excluding diaryl/α,β-unsaturated/α-hetero) is 1. The first-order valence-electron chi connectivity index (χ1n) is 11.3. The molecular weight excluding hydrogens is 428 g/mol. The van der Waals surface area contributed by atoms with Crippen LogP contribution in [0, 0.1) is 12.8 Å². The largest absolute Gasteiger partial charge is 0.507 e. The van der Waals surface area contributed by atoms with E-state index in [2.05, 4.69) is 18.8 Å². The lowest BCUT2D eigenvalue weighted by Gasteiger charge is -2.25. The van der Waals surface area contributed by atoms with Crippen LogP contribution in [0.5, 0.6) is 5.75 Å². The van der Waals surface area contributed by atoms with Crippen molar-refractivity contribution in [3.8, 4) is 5.75 Å². The fourth-order valence-electron chi connectivity index (χ4n) is 4.11. The number of pyridine rings is 1. The maximum Gasteiger partial charge on any atom is 0.295 e. The number of carbonyl (C=O) groups excluding carboxylic acids is 2. The number of nitrogens with zero attached hydrogens (tertiary/aromatic N) is 2. The number of benzene rings is 2. The lowest BCUT2D eigenvalue weighted by Crippen LogP contribution is -2.29. The van der Waals surface area contributed by atoms with Gasteiger partial charge < -0.3 is 14.7 Å². The number of ketones is 1. The van der Waals surface area contributed by atoms with E-state index >= 15 is 0 Å². The second-order valence-electron chi connectivity index (χ2n) is 8.88. The molecule has 1 N–H and O–H groups in total. The summed E-state index contributed by atoms with van der Waals surface area (Å²) in [4.78, 5) is 31.9. The van der Waals surface area contributed by atoms with Crippen LogP contribution in [-0.4, -0.2) is 33.3 Å². The fraction of sp³-hybridized carbons (Fsp3) is 0.250. The van der Waals surface area contributed by atoms with E-state index in [1.165, 1.54) is 4.90 Å². The molecule has 0 saturated carbocycles. The van der Waals surface area contributed by atoms with Gasteiger partial charge in [-0.15, -0.1) is 0 Å². The van der Waals surface area contributed by atoms with Crippen LogP contribution in [0.1, 0.15) is 42.1 Å². The molecule has 0 spiro atoms. The Morgan fingerprint density at radius 1 is 1.09 bits per heavy atom. The molecule has 0 bridgehead atoms. The Kier molecular flexibility index (Phi) is 6.77. The molecule has 34 heavy (non-hydrogen) atoms. The van der Waals surface area contributed by atoms with Gasteiger partial charge in [-0.05, 0) is 53.8 Å². The van der Waals surface area contributed by atoms with Crippen molar-refractivity contribution in [3.05, 3.63) is 101 Å². The Bertz CT molecular complexity index is 1220. The van der Waals surface area contributed by atoms with Crippen LogP contribution in [-0.2, 0) is 16.1 Å². The molecule has 1 fully saturated rings. The average Bonchev–Trinajstić information content (AvgIpc) is 3.08. The summed E-state index contributed by atoms with van der Waals surface area (Å²) in [7, 11) is 0. The second-order valence-corrected chi connectivity index (χ2v) is 8.88. The lowest BCUT2D eigenvalue weighted by atomic mass is 9.94. The number of aromatic nitrogens is 1. The summed E-state index contributed by atoms with van der Waals surface area (Å²) in [5.41, 5.74) is 2.88. The van der Waals surface area contributed by atoms with Gasteiger partial charge in [-0.25, -0.2) is 0 Å². The minimum atomic E-state index is -0.710. The van der Waals surface area contributed by atoms with Crippen molar-refractivity contribution in [1.29, 1.82) is 0 Å². The monoisotopic (exact) mass is 456 g/mol. The summed E-state index contributed by atoms with van der Waals surface area (Å²) >= 11 is 0. The van der Waals surface area contributed by atoms with Gasteiger partial charge >= 0.3 is 0 Å². The Morgan fingerprint density at radius 2 is 1.85 bits per heavy atom. The van der Waals surface area contributed by atoms with E-state index in [0.717, 1.165) is 16.7 Å². The molecule has 1 amide bonds. The number of hydrogen-bond acceptors (Lipinski definition) is 5. The van der Waals surface area contributed by atoms with Crippen LogP contribution in [0.15, 0.2) is 78.6 Å². The first-order chi connectivity index (χ1) is 16.4. The Morgan fingerprint density at radius 3 is 2.50 bits per heavy atom. The van der Waals surface area contributed by atoms with Gasteiger partial charge in [0.2, 0.25) is 0 Å². The third kappa shape index (κ3) is 4.71. The molecule has 3 aromatic rings. The van der Waals surface area contributed by atoms with E-state index in [-0.39, 0.29) is 17.9 Å². The molecule has 0 radical (unpaired) electrons. The molecule has 174 valence electrons. The molecule has 2 heterocycles. The van der Waals surface area contributed by atoms with Crippen LogP contribution >= 0.6 is 0 Å². The molecule has 0 unspecified atom stereocenters. The summed E-state index contributed by atoms with van der Waals surface area (Å²) in [5.74, 6) is -0.452. The molecule has 6 nitrogen and oxygen atoms in total. The highest BCUT2D eigenvalue weighted by Gasteiger charge is 2.46.